The second kappa shape index (κ2) is 25.7. The normalized spacial score (nSPS) is 20.2. The lowest BCUT2D eigenvalue weighted by Crippen LogP contribution is -2.98. The van der Waals surface area contributed by atoms with Crippen molar-refractivity contribution in [2.24, 2.45) is 10.8 Å². The van der Waals surface area contributed by atoms with Gasteiger partial charge in [-0.3, -0.25) is 0 Å². The fourth-order valence-corrected chi connectivity index (χ4v) is 9.21. The third kappa shape index (κ3) is 10.7. The van der Waals surface area contributed by atoms with Crippen molar-refractivity contribution in [1.29, 1.82) is 0 Å². The van der Waals surface area contributed by atoms with Gasteiger partial charge in [-0.05, 0) is 0 Å². The van der Waals surface area contributed by atoms with Gasteiger partial charge in [0.1, 0.15) is 0 Å². The Morgan fingerprint density at radius 3 is 0.322 bits per heavy atom. The molecular formula is C40H2F74O4. The van der Waals surface area contributed by atoms with Crippen LogP contribution in [0.4, 0.5) is 325 Å². The molecule has 1 saturated carbocycles. The van der Waals surface area contributed by atoms with Gasteiger partial charge in [-0.25, -0.2) is 9.59 Å². The molecule has 1 aliphatic carbocycles. The van der Waals surface area contributed by atoms with Gasteiger partial charge in [-0.1, -0.05) is 0 Å². The minimum atomic E-state index is -14.4. The molecule has 0 heterocycles. The summed E-state index contributed by atoms with van der Waals surface area (Å²) in [5.74, 6) is -411. The molecule has 0 unspecified atom stereocenters. The highest BCUT2D eigenvalue weighted by atomic mass is 19.5. The van der Waals surface area contributed by atoms with Crippen LogP contribution in [-0.2, 0) is 9.59 Å². The Balaban J connectivity index is 5.82. The van der Waals surface area contributed by atoms with Crippen molar-refractivity contribution in [3.05, 3.63) is 0 Å². The second-order valence-corrected chi connectivity index (χ2v) is 22.6. The predicted octanol–water partition coefficient (Wildman–Crippen LogP) is 22.9. The second-order valence-electron chi connectivity index (χ2n) is 22.6. The van der Waals surface area contributed by atoms with Crippen LogP contribution in [-0.4, -0.2) is 236 Å². The number of aliphatic carboxylic acids is 2. The summed E-state index contributed by atoms with van der Waals surface area (Å²) in [6, 6.07) is 0. The van der Waals surface area contributed by atoms with Crippen LogP contribution in [0.3, 0.4) is 0 Å². The van der Waals surface area contributed by atoms with Gasteiger partial charge in [0.05, 0.1) is 0 Å². The Kier molecular flexibility index (Phi) is 23.9. The Morgan fingerprint density at radius 1 is 0.144 bits per heavy atom. The van der Waals surface area contributed by atoms with E-state index in [4.69, 9.17) is 10.2 Å². The lowest BCUT2D eigenvalue weighted by molar-refractivity contribution is -0.603. The number of carboxylic acids is 2. The molecule has 0 aromatic carbocycles. The van der Waals surface area contributed by atoms with E-state index in [9.17, 15) is 212 Å². The van der Waals surface area contributed by atoms with Crippen LogP contribution in [0.1, 0.15) is 0 Å². The molecule has 1 fully saturated rings. The van der Waals surface area contributed by atoms with Crippen molar-refractivity contribution in [3.8, 4) is 0 Å². The fraction of sp³-hybridized carbons (Fsp3) is 0.950. The molecule has 0 aliphatic heterocycles. The zero-order valence-electron chi connectivity index (χ0n) is 49.7. The number of hydrogen-bond donors (Lipinski definition) is 2. The van der Waals surface area contributed by atoms with Crippen molar-refractivity contribution in [3.63, 3.8) is 0 Å². The first-order valence-corrected chi connectivity index (χ1v) is 24.8. The van der Waals surface area contributed by atoms with Crippen molar-refractivity contribution in [2.75, 3.05) is 0 Å². The van der Waals surface area contributed by atoms with E-state index in [0.29, 0.717) is 0 Å². The summed E-state index contributed by atoms with van der Waals surface area (Å²) in [7, 11) is 0. The summed E-state index contributed by atoms with van der Waals surface area (Å²) in [5.41, 5.74) is -27.6. The van der Waals surface area contributed by atoms with E-state index < -0.39 is 236 Å². The summed E-state index contributed by atoms with van der Waals surface area (Å²) >= 11 is 0. The molecule has 2 N–H and O–H groups in total. The maximum atomic E-state index is 16.6. The van der Waals surface area contributed by atoms with Gasteiger partial charge in [0.15, 0.2) is 0 Å². The molecule has 704 valence electrons. The van der Waals surface area contributed by atoms with Crippen LogP contribution in [0, 0.1) is 10.8 Å². The van der Waals surface area contributed by atoms with E-state index >= 15 is 123 Å². The lowest BCUT2D eigenvalue weighted by atomic mass is 9.44. The Bertz CT molecular complexity index is 3520. The third-order valence-corrected chi connectivity index (χ3v) is 16.1. The minimum Gasteiger partial charge on any atom is -0.477 e. The molecule has 4 nitrogen and oxygen atoms in total. The summed E-state index contributed by atoms with van der Waals surface area (Å²) < 4.78 is 1090. The van der Waals surface area contributed by atoms with E-state index in [1.54, 1.807) is 0 Å². The number of alkyl halides is 74. The Morgan fingerprint density at radius 2 is 0.229 bits per heavy atom. The number of carboxylic acid groups (broad SMARTS) is 2. The Labute approximate surface area is 582 Å². The molecule has 118 heavy (non-hydrogen) atoms. The van der Waals surface area contributed by atoms with E-state index in [1.807, 2.05) is 0 Å². The van der Waals surface area contributed by atoms with Crippen molar-refractivity contribution in [1.82, 2.24) is 0 Å². The average molecular weight is 1950 g/mol. The van der Waals surface area contributed by atoms with Crippen LogP contribution in [0.15, 0.2) is 0 Å². The number of hydrogen-bond acceptors (Lipinski definition) is 2. The molecule has 78 heteroatoms. The predicted molar refractivity (Wildman–Crippen MR) is 200 cm³/mol. The average Bonchev–Trinajstić information content (AvgIpc) is 0.606. The van der Waals surface area contributed by atoms with Gasteiger partial charge >= 0.3 is 226 Å². The topological polar surface area (TPSA) is 74.6 Å². The van der Waals surface area contributed by atoms with Crippen molar-refractivity contribution < 1.29 is 345 Å². The highest BCUT2D eigenvalue weighted by Crippen LogP contribution is 2.90. The SMILES string of the molecule is O=C(O)C(F)(F)C(F)(F)C(F)(F)C(F)(F)C(F)(F)C(F)(F)C(F)(F)C(F)(F)C(F)(F)C(F)(F)C(F)(F)C(F)(F)C(F)(F)C1(C(F)(F)C(F)(F)C(F)(F)C(F)(F)C(F)(F)C(F)(F)C(F)(F)C(F)(F)C(F)(F)C(F)(F)C(F)(F)C(F)(F)C(F)(F)C(=O)O)C(F)(F)C(F)(F)C(C(F)(F)C(F)(F)C(F)(F)F)(C(F)(F)C(F)(F)C(F)(F)F)C(F)(F)C1(F)F. The van der Waals surface area contributed by atoms with Crippen LogP contribution in [0.2, 0.25) is 0 Å². The molecular weight excluding hydrogens is 1950 g/mol. The van der Waals surface area contributed by atoms with Gasteiger partial charge in [-0.2, -0.15) is 325 Å². The third-order valence-electron chi connectivity index (χ3n) is 16.1. The molecule has 0 saturated heterocycles. The van der Waals surface area contributed by atoms with Gasteiger partial charge in [0.25, 0.3) is 0 Å². The van der Waals surface area contributed by atoms with E-state index in [0.717, 1.165) is 0 Å². The molecule has 0 atom stereocenters. The number of rotatable bonds is 32. The highest BCUT2D eigenvalue weighted by Gasteiger charge is 3.20. The molecule has 0 aromatic heterocycles. The van der Waals surface area contributed by atoms with Crippen LogP contribution < -0.4 is 0 Å². The van der Waals surface area contributed by atoms with Crippen LogP contribution in [0.5, 0.6) is 0 Å². The monoisotopic (exact) mass is 1950 g/mol. The van der Waals surface area contributed by atoms with Crippen LogP contribution in [0.25, 0.3) is 0 Å². The first-order valence-electron chi connectivity index (χ1n) is 24.8. The van der Waals surface area contributed by atoms with E-state index in [1.165, 1.54) is 0 Å². The summed E-state index contributed by atoms with van der Waals surface area (Å²) in [4.78, 5) is 20.3. The molecule has 0 spiro atoms. The maximum absolute atomic E-state index is 16.6. The standard InChI is InChI=1S/C40H2F74O4/c41-3(42,1(115)116)7(45,46)17(65,66)21(73,74)25(81,82)29(89,90)33(97,98)35(101,102)31(93,94)27(85,86)23(77,78)19(69,70)13(57,58)5(9(49,50)11(53,54)6(12(55,56)10(5,51)52,15(61,62)37(105,106)39(109,110)111)16(63,64)38(107,108)40(112,113)114)14(59,60)20(71,72)24(79,80)28(87,88)32(95,96)36(103,104)34(99,100)30(91,92)26(83,84)22(75,76)18(67,68)8(47,48)4(43,44)2(117)118/h(H,115,116)(H,117,118). The first-order chi connectivity index (χ1) is 49.4. The highest BCUT2D eigenvalue weighted by molar-refractivity contribution is 5.77. The van der Waals surface area contributed by atoms with Gasteiger partial charge in [-0.15, -0.1) is 0 Å². The number of carbonyl (C=O) groups is 2. The number of halogens is 74. The van der Waals surface area contributed by atoms with E-state index in [2.05, 4.69) is 0 Å². The lowest BCUT2D eigenvalue weighted by Gasteiger charge is -2.67. The quantitative estimate of drug-likeness (QED) is 0.0658. The zero-order valence-corrected chi connectivity index (χ0v) is 49.7. The largest absolute Gasteiger partial charge is 0.477 e. The maximum Gasteiger partial charge on any atom is 0.459 e. The molecule has 1 rings (SSSR count). The molecule has 0 aromatic rings. The van der Waals surface area contributed by atoms with Crippen LogP contribution >= 0.6 is 0 Å². The van der Waals surface area contributed by atoms with Gasteiger partial charge in [0, 0.05) is 0 Å². The molecule has 1 aliphatic rings. The van der Waals surface area contributed by atoms with Crippen molar-refractivity contribution >= 4 is 11.9 Å². The van der Waals surface area contributed by atoms with Crippen molar-refractivity contribution in [2.45, 2.75) is 214 Å². The minimum absolute atomic E-state index is 5.38. The van der Waals surface area contributed by atoms with Gasteiger partial charge in [0.2, 0.25) is 10.8 Å². The zero-order chi connectivity index (χ0) is 98.2. The molecule has 0 bridgehead atoms. The van der Waals surface area contributed by atoms with E-state index in [-0.39, 0.29) is 0 Å². The molecule has 0 amide bonds. The van der Waals surface area contributed by atoms with Gasteiger partial charge < -0.3 is 10.2 Å². The summed E-state index contributed by atoms with van der Waals surface area (Å²) in [6.45, 7) is 0. The first kappa shape index (κ1) is 110. The molecule has 0 radical (unpaired) electrons. The smallest absolute Gasteiger partial charge is 0.459 e. The fourth-order valence-electron chi connectivity index (χ4n) is 9.21. The summed E-state index contributed by atoms with van der Waals surface area (Å²) in [5, 5.41) is 15.5. The summed E-state index contributed by atoms with van der Waals surface area (Å²) in [6.07, 6.45) is -20.8. The Hall–Kier alpha value is -6.24.